The normalized spacial score (nSPS) is 19.5. The molecule has 2 heterocycles. The summed E-state index contributed by atoms with van der Waals surface area (Å²) in [4.78, 5) is 2.55. The molecular weight excluding hydrogens is 260 g/mol. The molecule has 0 bridgehead atoms. The van der Waals surface area contributed by atoms with E-state index in [2.05, 4.69) is 22.0 Å². The Morgan fingerprint density at radius 1 is 1.47 bits per heavy atom. The predicted molar refractivity (Wildman–Crippen MR) is 79.6 cm³/mol. The van der Waals surface area contributed by atoms with Crippen molar-refractivity contribution in [1.29, 1.82) is 0 Å². The van der Waals surface area contributed by atoms with Crippen molar-refractivity contribution in [2.24, 2.45) is 5.73 Å². The van der Waals surface area contributed by atoms with Crippen molar-refractivity contribution in [1.82, 2.24) is 10.2 Å². The standard InChI is InChI=1S/C13H20N4OS/c1-4-10-7-17(5-6-18-10)13-11(12(14)19)8(2)9(3)15-16-13/h10H,4-7H2,1-3H3,(H2,14,19). The maximum atomic E-state index is 5.86. The highest BCUT2D eigenvalue weighted by molar-refractivity contribution is 7.80. The van der Waals surface area contributed by atoms with Gasteiger partial charge in [-0.15, -0.1) is 5.10 Å². The quantitative estimate of drug-likeness (QED) is 0.843. The molecule has 6 heteroatoms. The van der Waals surface area contributed by atoms with Crippen LogP contribution in [0, 0.1) is 13.8 Å². The molecule has 1 unspecified atom stereocenters. The van der Waals surface area contributed by atoms with Crippen LogP contribution in [0.1, 0.15) is 30.2 Å². The highest BCUT2D eigenvalue weighted by atomic mass is 32.1. The Balaban J connectivity index is 2.39. The van der Waals surface area contributed by atoms with Crippen molar-refractivity contribution in [2.45, 2.75) is 33.3 Å². The Kier molecular flexibility index (Phi) is 4.31. The van der Waals surface area contributed by atoms with E-state index >= 15 is 0 Å². The van der Waals surface area contributed by atoms with Gasteiger partial charge in [0.15, 0.2) is 5.82 Å². The fourth-order valence-electron chi connectivity index (χ4n) is 2.27. The molecule has 2 N–H and O–H groups in total. The molecule has 0 spiro atoms. The van der Waals surface area contributed by atoms with Gasteiger partial charge < -0.3 is 15.4 Å². The summed E-state index contributed by atoms with van der Waals surface area (Å²) in [7, 11) is 0. The average molecular weight is 280 g/mol. The van der Waals surface area contributed by atoms with Crippen LogP contribution in [-0.2, 0) is 4.74 Å². The molecule has 1 saturated heterocycles. The van der Waals surface area contributed by atoms with Crippen LogP contribution >= 0.6 is 12.2 Å². The summed E-state index contributed by atoms with van der Waals surface area (Å²) in [6.45, 7) is 8.33. The summed E-state index contributed by atoms with van der Waals surface area (Å²) in [5, 5.41) is 8.51. The first-order valence-electron chi connectivity index (χ1n) is 6.54. The number of nitrogens with zero attached hydrogens (tertiary/aromatic N) is 3. The highest BCUT2D eigenvalue weighted by Crippen LogP contribution is 2.24. The minimum absolute atomic E-state index is 0.233. The van der Waals surface area contributed by atoms with E-state index < -0.39 is 0 Å². The number of ether oxygens (including phenoxy) is 1. The van der Waals surface area contributed by atoms with Crippen LogP contribution in [0.5, 0.6) is 0 Å². The van der Waals surface area contributed by atoms with Gasteiger partial charge in [0, 0.05) is 13.1 Å². The smallest absolute Gasteiger partial charge is 0.161 e. The summed E-state index contributed by atoms with van der Waals surface area (Å²) in [5.74, 6) is 0.789. The number of rotatable bonds is 3. The average Bonchev–Trinajstić information content (AvgIpc) is 2.41. The first kappa shape index (κ1) is 14.1. The first-order valence-corrected chi connectivity index (χ1v) is 6.95. The molecule has 0 aliphatic carbocycles. The summed E-state index contributed by atoms with van der Waals surface area (Å²) in [6.07, 6.45) is 1.22. The minimum Gasteiger partial charge on any atom is -0.389 e. The van der Waals surface area contributed by atoms with E-state index in [1.54, 1.807) is 0 Å². The topological polar surface area (TPSA) is 64.3 Å². The summed E-state index contributed by atoms with van der Waals surface area (Å²) in [5.41, 5.74) is 8.59. The molecule has 0 radical (unpaired) electrons. The number of thiocarbonyl (C=S) groups is 1. The molecule has 1 atom stereocenters. The molecule has 5 nitrogen and oxygen atoms in total. The van der Waals surface area contributed by atoms with Crippen molar-refractivity contribution < 1.29 is 4.74 Å². The van der Waals surface area contributed by atoms with Crippen LogP contribution in [0.2, 0.25) is 0 Å². The van der Waals surface area contributed by atoms with Gasteiger partial charge in [-0.05, 0) is 25.8 Å². The Hall–Kier alpha value is -1.27. The van der Waals surface area contributed by atoms with E-state index in [0.29, 0.717) is 11.6 Å². The van der Waals surface area contributed by atoms with E-state index in [1.807, 2.05) is 13.8 Å². The third kappa shape index (κ3) is 2.84. The zero-order valence-corrected chi connectivity index (χ0v) is 12.5. The van der Waals surface area contributed by atoms with Gasteiger partial charge in [-0.25, -0.2) is 0 Å². The lowest BCUT2D eigenvalue weighted by atomic mass is 10.1. The molecule has 0 aromatic carbocycles. The fourth-order valence-corrected chi connectivity index (χ4v) is 2.52. The largest absolute Gasteiger partial charge is 0.389 e. The SMILES string of the molecule is CCC1CN(c2nnc(C)c(C)c2C(N)=S)CCO1. The maximum absolute atomic E-state index is 5.86. The van der Waals surface area contributed by atoms with Crippen molar-refractivity contribution in [2.75, 3.05) is 24.6 Å². The molecule has 1 aromatic heterocycles. The fraction of sp³-hybridized carbons (Fsp3) is 0.615. The zero-order chi connectivity index (χ0) is 14.0. The molecule has 2 rings (SSSR count). The molecule has 1 aromatic rings. The Bertz CT molecular complexity index is 492. The summed E-state index contributed by atoms with van der Waals surface area (Å²) < 4.78 is 5.68. The molecule has 0 saturated carbocycles. The van der Waals surface area contributed by atoms with Crippen molar-refractivity contribution in [3.05, 3.63) is 16.8 Å². The van der Waals surface area contributed by atoms with Gasteiger partial charge in [-0.3, -0.25) is 0 Å². The van der Waals surface area contributed by atoms with Crippen LogP contribution in [0.25, 0.3) is 0 Å². The Labute approximate surface area is 119 Å². The zero-order valence-electron chi connectivity index (χ0n) is 11.6. The van der Waals surface area contributed by atoms with E-state index in [0.717, 1.165) is 42.1 Å². The van der Waals surface area contributed by atoms with Crippen molar-refractivity contribution >= 4 is 23.0 Å². The van der Waals surface area contributed by atoms with Gasteiger partial charge in [-0.1, -0.05) is 19.1 Å². The Morgan fingerprint density at radius 2 is 2.21 bits per heavy atom. The van der Waals surface area contributed by atoms with Gasteiger partial charge in [0.05, 0.1) is 24.0 Å². The van der Waals surface area contributed by atoms with Crippen LogP contribution in [-0.4, -0.2) is 41.0 Å². The number of aromatic nitrogens is 2. The van der Waals surface area contributed by atoms with E-state index in [4.69, 9.17) is 22.7 Å². The van der Waals surface area contributed by atoms with Crippen molar-refractivity contribution in [3.63, 3.8) is 0 Å². The second-order valence-corrected chi connectivity index (χ2v) is 5.26. The second-order valence-electron chi connectivity index (χ2n) is 4.82. The maximum Gasteiger partial charge on any atom is 0.161 e. The third-order valence-electron chi connectivity index (χ3n) is 3.58. The molecule has 1 aliphatic heterocycles. The Morgan fingerprint density at radius 3 is 2.84 bits per heavy atom. The number of hydrogen-bond acceptors (Lipinski definition) is 5. The number of hydrogen-bond donors (Lipinski definition) is 1. The van der Waals surface area contributed by atoms with Crippen LogP contribution in [0.3, 0.4) is 0 Å². The lowest BCUT2D eigenvalue weighted by molar-refractivity contribution is 0.0381. The highest BCUT2D eigenvalue weighted by Gasteiger charge is 2.24. The van der Waals surface area contributed by atoms with Gasteiger partial charge in [0.2, 0.25) is 0 Å². The number of aryl methyl sites for hydroxylation is 1. The number of morpholine rings is 1. The minimum atomic E-state index is 0.233. The number of anilines is 1. The molecule has 0 amide bonds. The second kappa shape index (κ2) is 5.79. The predicted octanol–water partition coefficient (Wildman–Crippen LogP) is 1.34. The lowest BCUT2D eigenvalue weighted by Gasteiger charge is -2.34. The summed E-state index contributed by atoms with van der Waals surface area (Å²) >= 11 is 5.18. The molecule has 1 fully saturated rings. The van der Waals surface area contributed by atoms with Crippen LogP contribution < -0.4 is 10.6 Å². The third-order valence-corrected chi connectivity index (χ3v) is 3.78. The molecule has 104 valence electrons. The van der Waals surface area contributed by atoms with Gasteiger partial charge in [-0.2, -0.15) is 5.10 Å². The molecule has 1 aliphatic rings. The lowest BCUT2D eigenvalue weighted by Crippen LogP contribution is -2.43. The van der Waals surface area contributed by atoms with Crippen molar-refractivity contribution in [3.8, 4) is 0 Å². The van der Waals surface area contributed by atoms with E-state index in [-0.39, 0.29) is 6.10 Å². The molecule has 19 heavy (non-hydrogen) atoms. The summed E-state index contributed by atoms with van der Waals surface area (Å²) in [6, 6.07) is 0. The van der Waals surface area contributed by atoms with Gasteiger partial charge in [0.1, 0.15) is 4.99 Å². The monoisotopic (exact) mass is 280 g/mol. The number of nitrogens with two attached hydrogens (primary N) is 1. The first-order chi connectivity index (χ1) is 9.04. The van der Waals surface area contributed by atoms with E-state index in [1.165, 1.54) is 0 Å². The van der Waals surface area contributed by atoms with Gasteiger partial charge >= 0.3 is 0 Å². The van der Waals surface area contributed by atoms with Crippen LogP contribution in [0.4, 0.5) is 5.82 Å². The van der Waals surface area contributed by atoms with Crippen LogP contribution in [0.15, 0.2) is 0 Å². The molecular formula is C13H20N4OS. The van der Waals surface area contributed by atoms with E-state index in [9.17, 15) is 0 Å². The van der Waals surface area contributed by atoms with Gasteiger partial charge in [0.25, 0.3) is 0 Å².